The first-order valence-corrected chi connectivity index (χ1v) is 7.90. The molecule has 1 aliphatic carbocycles. The summed E-state index contributed by atoms with van der Waals surface area (Å²) >= 11 is 0. The van der Waals surface area contributed by atoms with Gasteiger partial charge in [0.2, 0.25) is 0 Å². The Labute approximate surface area is 131 Å². The highest BCUT2D eigenvalue weighted by Crippen LogP contribution is 2.36. The molecule has 0 amide bonds. The van der Waals surface area contributed by atoms with Crippen LogP contribution in [0.3, 0.4) is 0 Å². The van der Waals surface area contributed by atoms with E-state index >= 15 is 0 Å². The van der Waals surface area contributed by atoms with Crippen molar-refractivity contribution in [2.45, 2.75) is 76.3 Å². The van der Waals surface area contributed by atoms with E-state index in [9.17, 15) is 20.4 Å². The average Bonchev–Trinajstić information content (AvgIpc) is 2.48. The van der Waals surface area contributed by atoms with Crippen molar-refractivity contribution in [1.29, 1.82) is 0 Å². The van der Waals surface area contributed by atoms with Gasteiger partial charge in [-0.3, -0.25) is 0 Å². The molecular formula is C16H28O6. The van der Waals surface area contributed by atoms with E-state index in [1.807, 2.05) is 13.8 Å². The summed E-state index contributed by atoms with van der Waals surface area (Å²) < 4.78 is 11.4. The summed E-state index contributed by atoms with van der Waals surface area (Å²) in [6.45, 7) is 5.54. The van der Waals surface area contributed by atoms with Gasteiger partial charge >= 0.3 is 0 Å². The van der Waals surface area contributed by atoms with E-state index in [0.717, 1.165) is 19.3 Å². The third-order valence-corrected chi connectivity index (χ3v) is 4.89. The van der Waals surface area contributed by atoms with Crippen molar-refractivity contribution < 1.29 is 29.9 Å². The van der Waals surface area contributed by atoms with Crippen molar-refractivity contribution in [2.75, 3.05) is 6.61 Å². The van der Waals surface area contributed by atoms with Crippen molar-refractivity contribution in [3.8, 4) is 0 Å². The van der Waals surface area contributed by atoms with E-state index in [4.69, 9.17) is 9.47 Å². The van der Waals surface area contributed by atoms with Crippen LogP contribution in [0, 0.1) is 5.92 Å². The molecule has 4 N–H and O–H groups in total. The van der Waals surface area contributed by atoms with Crippen molar-refractivity contribution in [1.82, 2.24) is 0 Å². The van der Waals surface area contributed by atoms with Gasteiger partial charge in [0.05, 0.1) is 12.2 Å². The molecule has 6 atom stereocenters. The number of aliphatic hydroxyl groups excluding tert-OH is 4. The van der Waals surface area contributed by atoms with Gasteiger partial charge < -0.3 is 29.9 Å². The summed E-state index contributed by atoms with van der Waals surface area (Å²) in [6, 6.07) is 0. The second-order valence-electron chi connectivity index (χ2n) is 6.94. The van der Waals surface area contributed by atoms with Crippen molar-refractivity contribution in [3.63, 3.8) is 0 Å². The minimum atomic E-state index is -1.40. The SMILES string of the molecule is CC1=CCC(C(C)(C)OC2O[C@H](CO)[C@@H](O)[C@H](O)[C@H]2O)CC1. The molecule has 0 spiro atoms. The van der Waals surface area contributed by atoms with Crippen molar-refractivity contribution in [2.24, 2.45) is 5.92 Å². The van der Waals surface area contributed by atoms with Gasteiger partial charge in [-0.1, -0.05) is 11.6 Å². The van der Waals surface area contributed by atoms with Crippen molar-refractivity contribution in [3.05, 3.63) is 11.6 Å². The minimum absolute atomic E-state index is 0.281. The van der Waals surface area contributed by atoms with Crippen LogP contribution in [0.1, 0.15) is 40.0 Å². The highest BCUT2D eigenvalue weighted by atomic mass is 16.7. The Kier molecular flexibility index (Phi) is 5.63. The molecule has 6 nitrogen and oxygen atoms in total. The molecule has 1 heterocycles. The summed E-state index contributed by atoms with van der Waals surface area (Å²) in [5, 5.41) is 38.9. The minimum Gasteiger partial charge on any atom is -0.394 e. The van der Waals surface area contributed by atoms with Crippen LogP contribution < -0.4 is 0 Å². The van der Waals surface area contributed by atoms with E-state index in [1.54, 1.807) is 0 Å². The topological polar surface area (TPSA) is 99.4 Å². The molecule has 0 bridgehead atoms. The molecule has 128 valence electrons. The molecule has 0 aromatic heterocycles. The molecule has 6 heteroatoms. The number of aliphatic hydroxyl groups is 4. The fourth-order valence-corrected chi connectivity index (χ4v) is 3.16. The smallest absolute Gasteiger partial charge is 0.187 e. The molecule has 0 aromatic rings. The average molecular weight is 316 g/mol. The number of hydrogen-bond acceptors (Lipinski definition) is 6. The van der Waals surface area contributed by atoms with E-state index in [2.05, 4.69) is 13.0 Å². The van der Waals surface area contributed by atoms with Crippen LogP contribution >= 0.6 is 0 Å². The lowest BCUT2D eigenvalue weighted by Crippen LogP contribution is -2.60. The van der Waals surface area contributed by atoms with E-state index in [1.165, 1.54) is 5.57 Å². The number of allylic oxidation sites excluding steroid dienone is 2. The van der Waals surface area contributed by atoms with Gasteiger partial charge in [0, 0.05) is 0 Å². The lowest BCUT2D eigenvalue weighted by Gasteiger charge is -2.45. The van der Waals surface area contributed by atoms with Crippen LogP contribution in [0.4, 0.5) is 0 Å². The van der Waals surface area contributed by atoms with E-state index in [0.29, 0.717) is 0 Å². The van der Waals surface area contributed by atoms with Crippen LogP contribution in [0.5, 0.6) is 0 Å². The van der Waals surface area contributed by atoms with E-state index < -0.39 is 42.9 Å². The summed E-state index contributed by atoms with van der Waals surface area (Å²) in [7, 11) is 0. The Bertz CT molecular complexity index is 405. The van der Waals surface area contributed by atoms with Crippen LogP contribution in [-0.2, 0) is 9.47 Å². The molecule has 1 saturated heterocycles. The standard InChI is InChI=1S/C16H28O6/c1-9-4-6-10(7-5-9)16(2,3)22-15-14(20)13(19)12(18)11(8-17)21-15/h4,10-15,17-20H,5-8H2,1-3H3/t10?,11-,12-,13+,14-,15?/m1/s1. The molecule has 0 radical (unpaired) electrons. The Hall–Kier alpha value is -0.500. The van der Waals surface area contributed by atoms with Gasteiger partial charge in [-0.25, -0.2) is 0 Å². The molecule has 1 fully saturated rings. The summed E-state index contributed by atoms with van der Waals surface area (Å²) in [5.41, 5.74) is 0.824. The zero-order chi connectivity index (χ0) is 16.5. The Balaban J connectivity index is 2.04. The lowest BCUT2D eigenvalue weighted by molar-refractivity contribution is -0.328. The zero-order valence-electron chi connectivity index (χ0n) is 13.5. The molecular weight excluding hydrogens is 288 g/mol. The number of ether oxygens (including phenoxy) is 2. The van der Waals surface area contributed by atoms with Gasteiger partial charge in [-0.15, -0.1) is 0 Å². The van der Waals surface area contributed by atoms with Crippen LogP contribution in [0.15, 0.2) is 11.6 Å². The Morgan fingerprint density at radius 1 is 1.23 bits per heavy atom. The molecule has 22 heavy (non-hydrogen) atoms. The first kappa shape index (κ1) is 17.8. The maximum Gasteiger partial charge on any atom is 0.187 e. The lowest BCUT2D eigenvalue weighted by atomic mass is 9.79. The predicted octanol–water partition coefficient (Wildman–Crippen LogP) is 0.328. The van der Waals surface area contributed by atoms with Crippen LogP contribution in [0.2, 0.25) is 0 Å². The van der Waals surface area contributed by atoms with Gasteiger partial charge in [0.1, 0.15) is 24.4 Å². The maximum absolute atomic E-state index is 10.1. The molecule has 0 aromatic carbocycles. The molecule has 2 unspecified atom stereocenters. The zero-order valence-corrected chi connectivity index (χ0v) is 13.5. The first-order chi connectivity index (χ1) is 10.3. The third-order valence-electron chi connectivity index (χ3n) is 4.89. The van der Waals surface area contributed by atoms with Gasteiger partial charge in [-0.2, -0.15) is 0 Å². The Morgan fingerprint density at radius 2 is 1.91 bits per heavy atom. The second-order valence-corrected chi connectivity index (χ2v) is 6.94. The quantitative estimate of drug-likeness (QED) is 0.558. The fourth-order valence-electron chi connectivity index (χ4n) is 3.16. The highest BCUT2D eigenvalue weighted by molar-refractivity contribution is 5.05. The van der Waals surface area contributed by atoms with Gasteiger partial charge in [0.15, 0.2) is 6.29 Å². The van der Waals surface area contributed by atoms with Gasteiger partial charge in [-0.05, 0) is 46.0 Å². The first-order valence-electron chi connectivity index (χ1n) is 7.90. The van der Waals surface area contributed by atoms with Gasteiger partial charge in [0.25, 0.3) is 0 Å². The molecule has 0 saturated carbocycles. The largest absolute Gasteiger partial charge is 0.394 e. The Morgan fingerprint density at radius 3 is 2.45 bits per heavy atom. The van der Waals surface area contributed by atoms with Crippen LogP contribution in [-0.4, -0.2) is 63.3 Å². The fraction of sp³-hybridized carbons (Fsp3) is 0.875. The normalized spacial score (nSPS) is 40.4. The molecule has 1 aliphatic heterocycles. The monoisotopic (exact) mass is 316 g/mol. The molecule has 2 rings (SSSR count). The van der Waals surface area contributed by atoms with Crippen LogP contribution in [0.25, 0.3) is 0 Å². The summed E-state index contributed by atoms with van der Waals surface area (Å²) in [4.78, 5) is 0. The highest BCUT2D eigenvalue weighted by Gasteiger charge is 2.46. The number of rotatable bonds is 4. The van der Waals surface area contributed by atoms with E-state index in [-0.39, 0.29) is 5.92 Å². The molecule has 2 aliphatic rings. The summed E-state index contributed by atoms with van der Waals surface area (Å²) in [5.74, 6) is 0.281. The number of hydrogen-bond donors (Lipinski definition) is 4. The predicted molar refractivity (Wildman–Crippen MR) is 80.0 cm³/mol. The maximum atomic E-state index is 10.1. The third kappa shape index (κ3) is 3.69. The summed E-state index contributed by atoms with van der Waals surface area (Å²) in [6.07, 6.45) is -1.01. The second kappa shape index (κ2) is 6.95. The van der Waals surface area contributed by atoms with Crippen molar-refractivity contribution >= 4 is 0 Å².